The Bertz CT molecular complexity index is 1150. The normalized spacial score (nSPS) is 10.7. The summed E-state index contributed by atoms with van der Waals surface area (Å²) in [7, 11) is 0. The number of ether oxygens (including phenoxy) is 1. The molecule has 2 aromatic heterocycles. The van der Waals surface area contributed by atoms with E-state index in [1.54, 1.807) is 35.0 Å². The lowest BCUT2D eigenvalue weighted by molar-refractivity contribution is 0.429. The summed E-state index contributed by atoms with van der Waals surface area (Å²) in [6.07, 6.45) is 1.70. The molecule has 0 radical (unpaired) electrons. The first-order valence-corrected chi connectivity index (χ1v) is 7.63. The number of hydrogen-bond acceptors (Lipinski definition) is 4. The summed E-state index contributed by atoms with van der Waals surface area (Å²) in [5.74, 6) is -0.649. The molecule has 0 aliphatic carbocycles. The molecule has 0 saturated carbocycles. The fourth-order valence-corrected chi connectivity index (χ4v) is 2.46. The summed E-state index contributed by atoms with van der Waals surface area (Å²) in [6.45, 7) is 0. The summed E-state index contributed by atoms with van der Waals surface area (Å²) in [4.78, 5) is 4.34. The number of halogens is 2. The molecule has 0 aliphatic heterocycles. The first kappa shape index (κ1) is 15.7. The zero-order valence-corrected chi connectivity index (χ0v) is 13.2. The van der Waals surface area contributed by atoms with Crippen molar-refractivity contribution < 1.29 is 13.5 Å². The van der Waals surface area contributed by atoms with E-state index < -0.39 is 5.82 Å². The average Bonchev–Trinajstić information content (AvgIpc) is 3.13. The second kappa shape index (κ2) is 6.26. The molecule has 126 valence electrons. The molecule has 0 saturated heterocycles. The highest BCUT2D eigenvalue weighted by Gasteiger charge is 2.14. The Hall–Kier alpha value is -3.79. The molecule has 0 atom stereocenters. The summed E-state index contributed by atoms with van der Waals surface area (Å²) >= 11 is 0. The second-order valence-corrected chi connectivity index (χ2v) is 5.44. The third kappa shape index (κ3) is 2.84. The highest BCUT2D eigenvalue weighted by Crippen LogP contribution is 2.29. The first-order valence-electron chi connectivity index (χ1n) is 7.63. The number of rotatable bonds is 3. The molecule has 0 unspecified atom stereocenters. The Morgan fingerprint density at radius 3 is 2.58 bits per heavy atom. The van der Waals surface area contributed by atoms with Gasteiger partial charge in [0.15, 0.2) is 17.4 Å². The third-order valence-electron chi connectivity index (χ3n) is 3.73. The van der Waals surface area contributed by atoms with E-state index in [2.05, 4.69) is 10.1 Å². The SMILES string of the molecule is N#Cc1ccc(Oc2nc(-c3ccc(F)cc3)nn3cccc23)c(F)c1. The largest absolute Gasteiger partial charge is 0.434 e. The number of nitriles is 1. The van der Waals surface area contributed by atoms with Crippen molar-refractivity contribution in [1.29, 1.82) is 5.26 Å². The zero-order valence-electron chi connectivity index (χ0n) is 13.2. The van der Waals surface area contributed by atoms with Gasteiger partial charge in [0.1, 0.15) is 11.3 Å². The van der Waals surface area contributed by atoms with Crippen molar-refractivity contribution in [3.05, 3.63) is 78.0 Å². The standard InChI is InChI=1S/C19H10F2N4O/c20-14-6-4-13(5-7-14)18-23-19(16-2-1-9-25(16)24-18)26-17-8-3-12(11-22)10-15(17)21/h1-10H. The zero-order chi connectivity index (χ0) is 18.1. The monoisotopic (exact) mass is 348 g/mol. The summed E-state index contributed by atoms with van der Waals surface area (Å²) in [6, 6.07) is 15.0. The van der Waals surface area contributed by atoms with Gasteiger partial charge in [0.05, 0.1) is 11.6 Å². The van der Waals surface area contributed by atoms with Gasteiger partial charge in [0.2, 0.25) is 5.88 Å². The van der Waals surface area contributed by atoms with E-state index in [-0.39, 0.29) is 23.0 Å². The molecule has 0 aliphatic rings. The molecule has 5 nitrogen and oxygen atoms in total. The summed E-state index contributed by atoms with van der Waals surface area (Å²) in [5, 5.41) is 13.2. The van der Waals surface area contributed by atoms with Crippen molar-refractivity contribution in [2.75, 3.05) is 0 Å². The van der Waals surface area contributed by atoms with E-state index in [4.69, 9.17) is 10.00 Å². The molecular formula is C19H10F2N4O. The van der Waals surface area contributed by atoms with Gasteiger partial charge < -0.3 is 4.74 Å². The van der Waals surface area contributed by atoms with Gasteiger partial charge in [-0.2, -0.15) is 10.2 Å². The number of benzene rings is 2. The molecule has 26 heavy (non-hydrogen) atoms. The van der Waals surface area contributed by atoms with Gasteiger partial charge in [0.25, 0.3) is 0 Å². The van der Waals surface area contributed by atoms with Crippen molar-refractivity contribution in [3.8, 4) is 29.1 Å². The lowest BCUT2D eigenvalue weighted by Crippen LogP contribution is -2.01. The van der Waals surface area contributed by atoms with Gasteiger partial charge in [0, 0.05) is 11.8 Å². The van der Waals surface area contributed by atoms with Crippen molar-refractivity contribution >= 4 is 5.52 Å². The van der Waals surface area contributed by atoms with Gasteiger partial charge in [-0.1, -0.05) is 0 Å². The molecular weight excluding hydrogens is 338 g/mol. The Kier molecular flexibility index (Phi) is 3.78. The number of aromatic nitrogens is 3. The number of hydrogen-bond donors (Lipinski definition) is 0. The van der Waals surface area contributed by atoms with Crippen LogP contribution in [0, 0.1) is 23.0 Å². The quantitative estimate of drug-likeness (QED) is 0.552. The van der Waals surface area contributed by atoms with Gasteiger partial charge in [-0.3, -0.25) is 0 Å². The topological polar surface area (TPSA) is 63.2 Å². The fourth-order valence-electron chi connectivity index (χ4n) is 2.46. The molecule has 7 heteroatoms. The van der Waals surface area contributed by atoms with Crippen LogP contribution in [0.1, 0.15) is 5.56 Å². The van der Waals surface area contributed by atoms with Crippen molar-refractivity contribution in [2.45, 2.75) is 0 Å². The number of nitrogens with zero attached hydrogens (tertiary/aromatic N) is 4. The maximum atomic E-state index is 14.1. The Labute approximate surface area is 146 Å². The van der Waals surface area contributed by atoms with E-state index in [0.717, 1.165) is 6.07 Å². The lowest BCUT2D eigenvalue weighted by atomic mass is 10.2. The predicted molar refractivity (Wildman–Crippen MR) is 89.6 cm³/mol. The van der Waals surface area contributed by atoms with E-state index in [1.165, 1.54) is 24.3 Å². The maximum Gasteiger partial charge on any atom is 0.247 e. The highest BCUT2D eigenvalue weighted by atomic mass is 19.1. The molecule has 0 fully saturated rings. The van der Waals surface area contributed by atoms with E-state index >= 15 is 0 Å². The van der Waals surface area contributed by atoms with Gasteiger partial charge in [-0.15, -0.1) is 5.10 Å². The van der Waals surface area contributed by atoms with Crippen LogP contribution in [0.2, 0.25) is 0 Å². The van der Waals surface area contributed by atoms with E-state index in [0.29, 0.717) is 16.9 Å². The second-order valence-electron chi connectivity index (χ2n) is 5.44. The third-order valence-corrected chi connectivity index (χ3v) is 3.73. The van der Waals surface area contributed by atoms with Crippen LogP contribution in [0.15, 0.2) is 60.8 Å². The average molecular weight is 348 g/mol. The maximum absolute atomic E-state index is 14.1. The van der Waals surface area contributed by atoms with Gasteiger partial charge in [-0.05, 0) is 54.6 Å². The molecule has 0 N–H and O–H groups in total. The molecule has 2 aromatic carbocycles. The molecule has 4 aromatic rings. The highest BCUT2D eigenvalue weighted by molar-refractivity contribution is 5.62. The van der Waals surface area contributed by atoms with Crippen molar-refractivity contribution in [1.82, 2.24) is 14.6 Å². The van der Waals surface area contributed by atoms with Crippen LogP contribution in [-0.4, -0.2) is 14.6 Å². The van der Waals surface area contributed by atoms with Crippen molar-refractivity contribution in [3.63, 3.8) is 0 Å². The van der Waals surface area contributed by atoms with Gasteiger partial charge >= 0.3 is 0 Å². The molecule has 2 heterocycles. The molecule has 0 bridgehead atoms. The van der Waals surface area contributed by atoms with Crippen LogP contribution in [-0.2, 0) is 0 Å². The van der Waals surface area contributed by atoms with E-state index in [9.17, 15) is 8.78 Å². The van der Waals surface area contributed by atoms with Crippen LogP contribution >= 0.6 is 0 Å². The van der Waals surface area contributed by atoms with Crippen LogP contribution in [0.25, 0.3) is 16.9 Å². The van der Waals surface area contributed by atoms with Gasteiger partial charge in [-0.25, -0.2) is 13.3 Å². The first-order chi connectivity index (χ1) is 12.6. The van der Waals surface area contributed by atoms with Crippen LogP contribution < -0.4 is 4.74 Å². The molecule has 4 rings (SSSR count). The predicted octanol–water partition coefficient (Wildman–Crippen LogP) is 4.34. The Morgan fingerprint density at radius 2 is 1.85 bits per heavy atom. The van der Waals surface area contributed by atoms with Crippen molar-refractivity contribution in [2.24, 2.45) is 0 Å². The fraction of sp³-hybridized carbons (Fsp3) is 0. The number of fused-ring (bicyclic) bond motifs is 1. The minimum Gasteiger partial charge on any atom is -0.434 e. The van der Waals surface area contributed by atoms with Crippen LogP contribution in [0.3, 0.4) is 0 Å². The Balaban J connectivity index is 1.80. The minimum absolute atomic E-state index is 0.0594. The minimum atomic E-state index is -0.671. The van der Waals surface area contributed by atoms with Crippen LogP contribution in [0.5, 0.6) is 11.6 Å². The lowest BCUT2D eigenvalue weighted by Gasteiger charge is -2.10. The Morgan fingerprint density at radius 1 is 1.04 bits per heavy atom. The summed E-state index contributed by atoms with van der Waals surface area (Å²) in [5.41, 5.74) is 1.32. The summed E-state index contributed by atoms with van der Waals surface area (Å²) < 4.78 is 34.5. The molecule has 0 amide bonds. The smallest absolute Gasteiger partial charge is 0.247 e. The van der Waals surface area contributed by atoms with E-state index in [1.807, 2.05) is 6.07 Å². The van der Waals surface area contributed by atoms with Crippen LogP contribution in [0.4, 0.5) is 8.78 Å². The molecule has 0 spiro atoms.